The van der Waals surface area contributed by atoms with E-state index in [4.69, 9.17) is 23.2 Å². The molecule has 3 fully saturated rings. The van der Waals surface area contributed by atoms with Crippen LogP contribution in [0.25, 0.3) is 0 Å². The first-order valence-electron chi connectivity index (χ1n) is 17.9. The van der Waals surface area contributed by atoms with Crippen molar-refractivity contribution >= 4 is 69.6 Å². The molecule has 0 bridgehead atoms. The van der Waals surface area contributed by atoms with E-state index in [-0.39, 0.29) is 30.4 Å². The van der Waals surface area contributed by atoms with Crippen LogP contribution < -0.4 is 15.1 Å². The first-order valence-corrected chi connectivity index (χ1v) is 18.6. The summed E-state index contributed by atoms with van der Waals surface area (Å²) in [6.45, 7) is 0. The van der Waals surface area contributed by atoms with E-state index in [1.165, 1.54) is 15.9 Å². The molecular formula is C44H33Cl2N3O5. The lowest BCUT2D eigenvalue weighted by Gasteiger charge is -2.50. The van der Waals surface area contributed by atoms with E-state index >= 15 is 4.79 Å². The number of amides is 4. The monoisotopic (exact) mass is 753 g/mol. The zero-order valence-electron chi connectivity index (χ0n) is 28.7. The van der Waals surface area contributed by atoms with Crippen molar-refractivity contribution in [2.45, 2.75) is 24.2 Å². The van der Waals surface area contributed by atoms with Gasteiger partial charge in [0.2, 0.25) is 23.6 Å². The summed E-state index contributed by atoms with van der Waals surface area (Å²) in [5.41, 5.74) is 2.66. The number of rotatable bonds is 6. The highest BCUT2D eigenvalue weighted by Gasteiger charge is 2.70. The van der Waals surface area contributed by atoms with Crippen molar-refractivity contribution in [3.8, 4) is 5.75 Å². The third kappa shape index (κ3) is 5.11. The Morgan fingerprint density at radius 2 is 1.33 bits per heavy atom. The number of aromatic hydroxyl groups is 1. The first kappa shape index (κ1) is 34.1. The topological polar surface area (TPSA) is 107 Å². The van der Waals surface area contributed by atoms with E-state index in [0.717, 1.165) is 16.9 Å². The molecule has 54 heavy (non-hydrogen) atoms. The second kappa shape index (κ2) is 13.0. The van der Waals surface area contributed by atoms with E-state index in [0.29, 0.717) is 32.5 Å². The Morgan fingerprint density at radius 3 is 2.06 bits per heavy atom. The molecule has 268 valence electrons. The van der Waals surface area contributed by atoms with Gasteiger partial charge in [-0.05, 0) is 97.1 Å². The molecule has 5 aromatic carbocycles. The maximum atomic E-state index is 15.3. The summed E-state index contributed by atoms with van der Waals surface area (Å²) in [5.74, 6) is -5.56. The fourth-order valence-corrected chi connectivity index (χ4v) is 9.85. The smallest absolute Gasteiger partial charge is 0.246 e. The largest absolute Gasteiger partial charge is 0.508 e. The molecule has 2 heterocycles. The van der Waals surface area contributed by atoms with Crippen LogP contribution in [0.3, 0.4) is 0 Å². The van der Waals surface area contributed by atoms with Crippen LogP contribution in [0.5, 0.6) is 5.75 Å². The van der Waals surface area contributed by atoms with Gasteiger partial charge < -0.3 is 10.4 Å². The van der Waals surface area contributed by atoms with Crippen LogP contribution in [0.2, 0.25) is 10.0 Å². The van der Waals surface area contributed by atoms with Crippen LogP contribution in [0.1, 0.15) is 29.9 Å². The molecular weight excluding hydrogens is 721 g/mol. The fourth-order valence-electron chi connectivity index (χ4n) is 9.48. The van der Waals surface area contributed by atoms with Crippen LogP contribution in [0, 0.1) is 23.7 Å². The van der Waals surface area contributed by atoms with Gasteiger partial charge in [-0.1, -0.05) is 89.4 Å². The van der Waals surface area contributed by atoms with Crippen molar-refractivity contribution < 1.29 is 24.3 Å². The molecule has 1 saturated carbocycles. The fraction of sp³-hybridized carbons (Fsp3) is 0.182. The third-order valence-electron chi connectivity index (χ3n) is 11.7. The lowest BCUT2D eigenvalue weighted by Crippen LogP contribution is -2.53. The normalized spacial score (nSPS) is 26.0. The summed E-state index contributed by atoms with van der Waals surface area (Å²) in [7, 11) is 0. The van der Waals surface area contributed by atoms with Crippen LogP contribution in [0.15, 0.2) is 139 Å². The van der Waals surface area contributed by atoms with Gasteiger partial charge in [0.25, 0.3) is 0 Å². The number of nitrogens with zero attached hydrogens (tertiary/aromatic N) is 2. The van der Waals surface area contributed by atoms with Crippen molar-refractivity contribution in [2.24, 2.45) is 23.7 Å². The third-order valence-corrected chi connectivity index (χ3v) is 12.1. The number of imide groups is 2. The molecule has 2 N–H and O–H groups in total. The van der Waals surface area contributed by atoms with Gasteiger partial charge in [-0.3, -0.25) is 24.1 Å². The number of allylic oxidation sites excluding steroid dienone is 2. The lowest BCUT2D eigenvalue weighted by atomic mass is 9.49. The summed E-state index contributed by atoms with van der Waals surface area (Å²) in [5, 5.41) is 15.6. The highest BCUT2D eigenvalue weighted by molar-refractivity contribution is 6.32. The molecule has 0 spiro atoms. The molecule has 6 atom stereocenters. The molecule has 2 saturated heterocycles. The number of anilines is 4. The number of hydrogen-bond acceptors (Lipinski definition) is 6. The number of nitrogens with one attached hydrogen (secondary N) is 1. The quantitative estimate of drug-likeness (QED) is 0.133. The van der Waals surface area contributed by atoms with Gasteiger partial charge in [0, 0.05) is 32.9 Å². The minimum atomic E-state index is -1.52. The first-order chi connectivity index (χ1) is 26.2. The Kier molecular flexibility index (Phi) is 8.21. The highest BCUT2D eigenvalue weighted by Crippen LogP contribution is 2.65. The highest BCUT2D eigenvalue weighted by atomic mass is 35.5. The lowest BCUT2D eigenvalue weighted by molar-refractivity contribution is -0.127. The maximum Gasteiger partial charge on any atom is 0.246 e. The summed E-state index contributed by atoms with van der Waals surface area (Å²) >= 11 is 13.0. The van der Waals surface area contributed by atoms with Crippen LogP contribution in [0.4, 0.5) is 22.7 Å². The maximum absolute atomic E-state index is 15.3. The number of hydrogen-bond donors (Lipinski definition) is 2. The Bertz CT molecular complexity index is 2380. The molecule has 4 amide bonds. The summed E-state index contributed by atoms with van der Waals surface area (Å²) < 4.78 is 0. The molecule has 0 radical (unpaired) electrons. The van der Waals surface area contributed by atoms with Gasteiger partial charge in [0.1, 0.15) is 5.75 Å². The number of carbonyl (C=O) groups is 4. The van der Waals surface area contributed by atoms with Crippen molar-refractivity contribution in [3.05, 3.63) is 160 Å². The van der Waals surface area contributed by atoms with Gasteiger partial charge in [0.15, 0.2) is 0 Å². The molecule has 0 aromatic heterocycles. The van der Waals surface area contributed by atoms with Gasteiger partial charge in [-0.2, -0.15) is 0 Å². The van der Waals surface area contributed by atoms with Crippen molar-refractivity contribution in [2.75, 3.05) is 15.1 Å². The molecule has 2 aliphatic heterocycles. The average molecular weight is 755 g/mol. The van der Waals surface area contributed by atoms with Crippen molar-refractivity contribution in [1.82, 2.24) is 0 Å². The minimum Gasteiger partial charge on any atom is -0.508 e. The predicted octanol–water partition coefficient (Wildman–Crippen LogP) is 8.81. The molecule has 10 heteroatoms. The van der Waals surface area contributed by atoms with Crippen LogP contribution in [-0.2, 0) is 24.6 Å². The molecule has 4 aliphatic rings. The van der Waals surface area contributed by atoms with Crippen LogP contribution >= 0.6 is 23.2 Å². The van der Waals surface area contributed by atoms with E-state index in [9.17, 15) is 19.5 Å². The minimum absolute atomic E-state index is 0.0942. The Hall–Kier alpha value is -5.70. The number of phenols is 1. The summed E-state index contributed by atoms with van der Waals surface area (Å²) in [6, 6.07) is 37.3. The second-order valence-corrected chi connectivity index (χ2v) is 15.2. The second-order valence-electron chi connectivity index (χ2n) is 14.3. The predicted molar refractivity (Wildman–Crippen MR) is 208 cm³/mol. The number of halogens is 2. The van der Waals surface area contributed by atoms with Gasteiger partial charge in [-0.25, -0.2) is 4.90 Å². The summed E-state index contributed by atoms with van der Waals surface area (Å²) in [6.07, 6.45) is 2.34. The zero-order valence-corrected chi connectivity index (χ0v) is 30.2. The van der Waals surface area contributed by atoms with Crippen LogP contribution in [-0.4, -0.2) is 28.7 Å². The zero-order chi connectivity index (χ0) is 37.3. The Balaban J connectivity index is 1.17. The average Bonchev–Trinajstić information content (AvgIpc) is 3.57. The Morgan fingerprint density at radius 1 is 0.648 bits per heavy atom. The molecule has 9 rings (SSSR count). The number of carbonyl (C=O) groups excluding carboxylic acids is 4. The number of para-hydroxylation sites is 1. The molecule has 2 aliphatic carbocycles. The van der Waals surface area contributed by atoms with E-state index < -0.39 is 46.8 Å². The number of fused-ring (bicyclic) bond motifs is 4. The number of benzene rings is 5. The molecule has 5 aromatic rings. The van der Waals surface area contributed by atoms with Crippen molar-refractivity contribution in [3.63, 3.8) is 0 Å². The van der Waals surface area contributed by atoms with E-state index in [1.54, 1.807) is 48.5 Å². The SMILES string of the molecule is O=C1C2CC=C3C(CC4C(=O)N(c5cccc(Cl)c5)C(=O)C4(c4ccccc4)C3c3cc(Cl)ccc3O)C2C(=O)N1c1ccc(Nc2ccccc2)cc1. The van der Waals surface area contributed by atoms with Gasteiger partial charge in [0.05, 0.1) is 34.5 Å². The van der Waals surface area contributed by atoms with E-state index in [2.05, 4.69) is 5.32 Å². The van der Waals surface area contributed by atoms with E-state index in [1.807, 2.05) is 78.9 Å². The Labute approximate surface area is 321 Å². The summed E-state index contributed by atoms with van der Waals surface area (Å²) in [4.78, 5) is 61.6. The van der Waals surface area contributed by atoms with Gasteiger partial charge >= 0.3 is 0 Å². The molecule has 6 unspecified atom stereocenters. The van der Waals surface area contributed by atoms with Crippen molar-refractivity contribution in [1.29, 1.82) is 0 Å². The van der Waals surface area contributed by atoms with Gasteiger partial charge in [-0.15, -0.1) is 0 Å². The standard InChI is InChI=1S/C44H33Cl2N3O5/c45-26-10-7-13-31(22-26)49-41(52)36-24-34-32(39(35-23-27(46)14-21-37(35)50)44(36,43(49)54)25-8-3-1-4-9-25)19-20-33-38(34)42(53)48(40(33)51)30-17-15-29(16-18-30)47-28-11-5-2-6-12-28/h1-19,21-23,33-34,36,38-39,47,50H,20,24H2. The number of phenolic OH excluding ortho intramolecular Hbond substituents is 1. The molecule has 8 nitrogen and oxygen atoms in total.